The fourth-order valence-electron chi connectivity index (χ4n) is 1.59. The number of aromatic nitrogens is 1. The first-order valence-electron chi connectivity index (χ1n) is 5.89. The summed E-state index contributed by atoms with van der Waals surface area (Å²) in [7, 11) is 0. The van der Waals surface area contributed by atoms with E-state index in [9.17, 15) is 4.39 Å². The molecular formula is C14H11ClFN3O. The number of benzene rings is 1. The lowest BCUT2D eigenvalue weighted by molar-refractivity contribution is 0.308. The van der Waals surface area contributed by atoms with Crippen molar-refractivity contribution in [3.8, 4) is 11.9 Å². The first-order chi connectivity index (χ1) is 9.65. The Morgan fingerprint density at radius 1 is 1.40 bits per heavy atom. The second-order valence-electron chi connectivity index (χ2n) is 3.84. The standard InChI is InChI=1S/C14H11ClFN3O/c1-2-20-14-13(16)12(5-6-18-14)19-11-4-3-9(8-17)7-10(11)15/h3-7H,2H2,1H3,(H,18,19). The highest BCUT2D eigenvalue weighted by molar-refractivity contribution is 6.33. The van der Waals surface area contributed by atoms with Crippen molar-refractivity contribution in [1.29, 1.82) is 5.26 Å². The minimum absolute atomic E-state index is 0.0673. The van der Waals surface area contributed by atoms with Crippen molar-refractivity contribution in [2.45, 2.75) is 6.92 Å². The normalized spacial score (nSPS) is 9.90. The summed E-state index contributed by atoms with van der Waals surface area (Å²) in [6, 6.07) is 8.17. The second kappa shape index (κ2) is 6.22. The van der Waals surface area contributed by atoms with Crippen LogP contribution in [0, 0.1) is 17.1 Å². The number of hydrogen-bond donors (Lipinski definition) is 1. The van der Waals surface area contributed by atoms with Gasteiger partial charge in [0.1, 0.15) is 0 Å². The van der Waals surface area contributed by atoms with Crippen LogP contribution in [0.1, 0.15) is 12.5 Å². The molecule has 6 heteroatoms. The van der Waals surface area contributed by atoms with Gasteiger partial charge in [-0.1, -0.05) is 11.6 Å². The fourth-order valence-corrected chi connectivity index (χ4v) is 1.82. The summed E-state index contributed by atoms with van der Waals surface area (Å²) in [5.41, 5.74) is 1.14. The number of halogens is 2. The summed E-state index contributed by atoms with van der Waals surface area (Å²) < 4.78 is 19.2. The maximum atomic E-state index is 14.1. The van der Waals surface area contributed by atoms with Crippen molar-refractivity contribution in [1.82, 2.24) is 4.98 Å². The third-order valence-corrected chi connectivity index (χ3v) is 2.82. The lowest BCUT2D eigenvalue weighted by Gasteiger charge is -2.11. The SMILES string of the molecule is CCOc1nccc(Nc2ccc(C#N)cc2Cl)c1F. The summed E-state index contributed by atoms with van der Waals surface area (Å²) in [6.07, 6.45) is 1.44. The molecule has 1 heterocycles. The van der Waals surface area contributed by atoms with Crippen LogP contribution in [0.2, 0.25) is 5.02 Å². The van der Waals surface area contributed by atoms with E-state index in [2.05, 4.69) is 10.3 Å². The molecule has 0 aliphatic heterocycles. The Bertz CT molecular complexity index is 670. The van der Waals surface area contributed by atoms with Gasteiger partial charge in [0.15, 0.2) is 0 Å². The van der Waals surface area contributed by atoms with Gasteiger partial charge in [0, 0.05) is 6.20 Å². The average molecular weight is 292 g/mol. The Labute approximate surface area is 120 Å². The number of pyridine rings is 1. The molecule has 0 amide bonds. The van der Waals surface area contributed by atoms with Gasteiger partial charge >= 0.3 is 0 Å². The van der Waals surface area contributed by atoms with Crippen molar-refractivity contribution >= 4 is 23.0 Å². The number of rotatable bonds is 4. The van der Waals surface area contributed by atoms with Gasteiger partial charge in [0.25, 0.3) is 5.88 Å². The van der Waals surface area contributed by atoms with Crippen molar-refractivity contribution in [3.63, 3.8) is 0 Å². The molecule has 2 rings (SSSR count). The molecule has 0 bridgehead atoms. The maximum Gasteiger partial charge on any atom is 0.252 e. The van der Waals surface area contributed by atoms with Crippen LogP contribution >= 0.6 is 11.6 Å². The zero-order valence-corrected chi connectivity index (χ0v) is 11.4. The molecule has 0 unspecified atom stereocenters. The Balaban J connectivity index is 2.31. The Morgan fingerprint density at radius 3 is 2.85 bits per heavy atom. The van der Waals surface area contributed by atoms with E-state index in [0.29, 0.717) is 22.9 Å². The van der Waals surface area contributed by atoms with Gasteiger partial charge in [-0.05, 0) is 31.2 Å². The summed E-state index contributed by atoms with van der Waals surface area (Å²) >= 11 is 6.03. The van der Waals surface area contributed by atoms with Gasteiger partial charge in [0.05, 0.1) is 34.6 Å². The van der Waals surface area contributed by atoms with Crippen LogP contribution < -0.4 is 10.1 Å². The van der Waals surface area contributed by atoms with Gasteiger partial charge in [-0.25, -0.2) is 4.98 Å². The van der Waals surface area contributed by atoms with Gasteiger partial charge in [-0.2, -0.15) is 9.65 Å². The summed E-state index contributed by atoms with van der Waals surface area (Å²) in [5.74, 6) is -0.656. The van der Waals surface area contributed by atoms with Crippen molar-refractivity contribution in [2.75, 3.05) is 11.9 Å². The van der Waals surface area contributed by atoms with Crippen LogP contribution in [0.15, 0.2) is 30.5 Å². The molecule has 1 aromatic carbocycles. The van der Waals surface area contributed by atoms with Crippen molar-refractivity contribution < 1.29 is 9.13 Å². The fraction of sp³-hybridized carbons (Fsp3) is 0.143. The van der Waals surface area contributed by atoms with E-state index < -0.39 is 5.82 Å². The van der Waals surface area contributed by atoms with E-state index in [-0.39, 0.29) is 11.6 Å². The highest BCUT2D eigenvalue weighted by Gasteiger charge is 2.12. The topological polar surface area (TPSA) is 57.9 Å². The second-order valence-corrected chi connectivity index (χ2v) is 4.25. The number of nitrogens with zero attached hydrogens (tertiary/aromatic N) is 2. The molecule has 0 aliphatic rings. The van der Waals surface area contributed by atoms with E-state index in [0.717, 1.165) is 0 Å². The quantitative estimate of drug-likeness (QED) is 0.928. The molecule has 0 saturated heterocycles. The number of ether oxygens (including phenoxy) is 1. The molecule has 0 radical (unpaired) electrons. The van der Waals surface area contributed by atoms with Crippen LogP contribution in [0.3, 0.4) is 0 Å². The first-order valence-corrected chi connectivity index (χ1v) is 6.27. The monoisotopic (exact) mass is 291 g/mol. The summed E-state index contributed by atoms with van der Waals surface area (Å²) in [5, 5.41) is 12.0. The van der Waals surface area contributed by atoms with E-state index >= 15 is 0 Å². The smallest absolute Gasteiger partial charge is 0.252 e. The molecule has 0 atom stereocenters. The van der Waals surface area contributed by atoms with E-state index in [4.69, 9.17) is 21.6 Å². The van der Waals surface area contributed by atoms with Crippen LogP contribution in [-0.2, 0) is 0 Å². The van der Waals surface area contributed by atoms with Gasteiger partial charge < -0.3 is 10.1 Å². The number of hydrogen-bond acceptors (Lipinski definition) is 4. The van der Waals surface area contributed by atoms with Crippen LogP contribution in [0.25, 0.3) is 0 Å². The maximum absolute atomic E-state index is 14.1. The minimum atomic E-state index is -0.588. The average Bonchev–Trinajstić information content (AvgIpc) is 2.45. The number of anilines is 2. The molecule has 0 fully saturated rings. The van der Waals surface area contributed by atoms with Crippen LogP contribution in [0.5, 0.6) is 5.88 Å². The zero-order chi connectivity index (χ0) is 14.5. The molecule has 20 heavy (non-hydrogen) atoms. The number of nitriles is 1. The molecule has 0 saturated carbocycles. The third-order valence-electron chi connectivity index (χ3n) is 2.51. The van der Waals surface area contributed by atoms with Crippen LogP contribution in [0.4, 0.5) is 15.8 Å². The third kappa shape index (κ3) is 2.98. The van der Waals surface area contributed by atoms with Crippen molar-refractivity contribution in [3.05, 3.63) is 46.9 Å². The molecule has 4 nitrogen and oxygen atoms in total. The first kappa shape index (κ1) is 14.1. The zero-order valence-electron chi connectivity index (χ0n) is 10.7. The number of nitrogens with one attached hydrogen (secondary N) is 1. The summed E-state index contributed by atoms with van der Waals surface area (Å²) in [6.45, 7) is 2.07. The molecule has 0 spiro atoms. The van der Waals surface area contributed by atoms with Crippen molar-refractivity contribution in [2.24, 2.45) is 0 Å². The van der Waals surface area contributed by atoms with E-state index in [1.165, 1.54) is 18.3 Å². The highest BCUT2D eigenvalue weighted by atomic mass is 35.5. The predicted molar refractivity (Wildman–Crippen MR) is 74.8 cm³/mol. The molecule has 1 aromatic heterocycles. The minimum Gasteiger partial charge on any atom is -0.476 e. The van der Waals surface area contributed by atoms with Crippen LogP contribution in [-0.4, -0.2) is 11.6 Å². The Kier molecular flexibility index (Phi) is 4.38. The molecular weight excluding hydrogens is 281 g/mol. The summed E-state index contributed by atoms with van der Waals surface area (Å²) in [4.78, 5) is 3.81. The Hall–Kier alpha value is -2.32. The predicted octanol–water partition coefficient (Wildman–Crippen LogP) is 3.89. The molecule has 1 N–H and O–H groups in total. The van der Waals surface area contributed by atoms with Gasteiger partial charge in [-0.3, -0.25) is 0 Å². The Morgan fingerprint density at radius 2 is 2.20 bits per heavy atom. The lowest BCUT2D eigenvalue weighted by Crippen LogP contribution is -2.01. The van der Waals surface area contributed by atoms with E-state index in [1.807, 2.05) is 6.07 Å². The van der Waals surface area contributed by atoms with Gasteiger partial charge in [0.2, 0.25) is 5.82 Å². The molecule has 2 aromatic rings. The van der Waals surface area contributed by atoms with Gasteiger partial charge in [-0.15, -0.1) is 0 Å². The lowest BCUT2D eigenvalue weighted by atomic mass is 10.2. The molecule has 102 valence electrons. The highest BCUT2D eigenvalue weighted by Crippen LogP contribution is 2.29. The largest absolute Gasteiger partial charge is 0.476 e. The molecule has 0 aliphatic carbocycles. The van der Waals surface area contributed by atoms with E-state index in [1.54, 1.807) is 19.1 Å².